The van der Waals surface area contributed by atoms with E-state index in [1.54, 1.807) is 35.8 Å². The van der Waals surface area contributed by atoms with E-state index < -0.39 is 0 Å². The van der Waals surface area contributed by atoms with Crippen LogP contribution in [0.4, 0.5) is 10.2 Å². The number of amides is 1. The van der Waals surface area contributed by atoms with Crippen LogP contribution < -0.4 is 5.32 Å². The topological polar surface area (TPSA) is 54.9 Å². The molecule has 0 fully saturated rings. The Labute approximate surface area is 137 Å². The van der Waals surface area contributed by atoms with Crippen molar-refractivity contribution in [2.24, 2.45) is 0 Å². The van der Waals surface area contributed by atoms with Crippen LogP contribution in [0.25, 0.3) is 0 Å². The zero-order valence-electron chi connectivity index (χ0n) is 12.4. The summed E-state index contributed by atoms with van der Waals surface area (Å²) in [4.78, 5) is 20.6. The van der Waals surface area contributed by atoms with Crippen LogP contribution in [0.15, 0.2) is 48.0 Å². The molecule has 2 aromatic heterocycles. The second kappa shape index (κ2) is 6.66. The molecular formula is C17H14FN3OS. The van der Waals surface area contributed by atoms with E-state index in [1.165, 1.54) is 17.4 Å². The van der Waals surface area contributed by atoms with Crippen molar-refractivity contribution in [2.75, 3.05) is 5.32 Å². The lowest BCUT2D eigenvalue weighted by Gasteiger charge is -2.04. The Hall–Kier alpha value is -2.60. The van der Waals surface area contributed by atoms with E-state index in [-0.39, 0.29) is 11.7 Å². The number of anilines is 1. The minimum absolute atomic E-state index is 0.266. The summed E-state index contributed by atoms with van der Waals surface area (Å²) in [5.41, 5.74) is 1.75. The summed E-state index contributed by atoms with van der Waals surface area (Å²) in [5.74, 6) is -0.0678. The molecule has 2 heterocycles. The number of thiazole rings is 1. The summed E-state index contributed by atoms with van der Waals surface area (Å²) in [5, 5.41) is 5.10. The van der Waals surface area contributed by atoms with Gasteiger partial charge in [-0.1, -0.05) is 24.3 Å². The average molecular weight is 327 g/mol. The number of carbonyl (C=O) groups excluding carboxylic acids is 1. The first-order chi connectivity index (χ1) is 11.1. The zero-order chi connectivity index (χ0) is 16.2. The highest BCUT2D eigenvalue weighted by atomic mass is 32.1. The van der Waals surface area contributed by atoms with Gasteiger partial charge < -0.3 is 5.32 Å². The Kier molecular flexibility index (Phi) is 4.43. The Balaban J connectivity index is 1.73. The summed E-state index contributed by atoms with van der Waals surface area (Å²) >= 11 is 1.34. The van der Waals surface area contributed by atoms with E-state index in [4.69, 9.17) is 0 Å². The van der Waals surface area contributed by atoms with Crippen molar-refractivity contribution in [3.63, 3.8) is 0 Å². The summed E-state index contributed by atoms with van der Waals surface area (Å²) in [6, 6.07) is 10.2. The molecular weight excluding hydrogens is 313 g/mol. The molecule has 3 rings (SSSR count). The molecule has 1 N–H and O–H groups in total. The van der Waals surface area contributed by atoms with E-state index in [2.05, 4.69) is 15.3 Å². The third-order valence-corrected chi connectivity index (χ3v) is 4.17. The standard InChI is InChI=1S/C17H14FN3OS/c1-11-5-4-8-19-16(11)21-17(22)14-10-23-15(20-14)9-12-6-2-3-7-13(12)18/h2-8,10H,9H2,1H3,(H,19,21,22). The number of aromatic nitrogens is 2. The number of halogens is 1. The molecule has 116 valence electrons. The highest BCUT2D eigenvalue weighted by molar-refractivity contribution is 7.09. The second-order valence-corrected chi connectivity index (χ2v) is 5.96. The minimum atomic E-state index is -0.317. The summed E-state index contributed by atoms with van der Waals surface area (Å²) < 4.78 is 13.7. The number of hydrogen-bond acceptors (Lipinski definition) is 4. The van der Waals surface area contributed by atoms with Gasteiger partial charge in [0.1, 0.15) is 17.3 Å². The molecule has 0 radical (unpaired) electrons. The van der Waals surface area contributed by atoms with Gasteiger partial charge in [-0.2, -0.15) is 0 Å². The maximum Gasteiger partial charge on any atom is 0.276 e. The molecule has 1 aromatic carbocycles. The van der Waals surface area contributed by atoms with E-state index in [9.17, 15) is 9.18 Å². The SMILES string of the molecule is Cc1cccnc1NC(=O)c1csc(Cc2ccccc2F)n1. The molecule has 0 spiro atoms. The van der Waals surface area contributed by atoms with Crippen LogP contribution in [0, 0.1) is 12.7 Å². The molecule has 6 heteroatoms. The zero-order valence-corrected chi connectivity index (χ0v) is 13.2. The van der Waals surface area contributed by atoms with E-state index in [0.717, 1.165) is 5.56 Å². The highest BCUT2D eigenvalue weighted by Crippen LogP contribution is 2.18. The average Bonchev–Trinajstić information content (AvgIpc) is 3.01. The monoisotopic (exact) mass is 327 g/mol. The fourth-order valence-corrected chi connectivity index (χ4v) is 2.89. The van der Waals surface area contributed by atoms with Crippen LogP contribution in [-0.4, -0.2) is 15.9 Å². The second-order valence-electron chi connectivity index (χ2n) is 5.02. The van der Waals surface area contributed by atoms with Crippen LogP contribution in [0.3, 0.4) is 0 Å². The van der Waals surface area contributed by atoms with Crippen molar-refractivity contribution in [3.05, 3.63) is 75.6 Å². The van der Waals surface area contributed by atoms with Gasteiger partial charge in [0.15, 0.2) is 0 Å². The molecule has 0 atom stereocenters. The molecule has 1 amide bonds. The van der Waals surface area contributed by atoms with Gasteiger partial charge in [0.2, 0.25) is 0 Å². The first-order valence-corrected chi connectivity index (χ1v) is 7.92. The molecule has 0 saturated carbocycles. The molecule has 0 aliphatic carbocycles. The Morgan fingerprint density at radius 1 is 1.26 bits per heavy atom. The normalized spacial score (nSPS) is 10.5. The molecule has 0 aliphatic heterocycles. The molecule has 3 aromatic rings. The lowest BCUT2D eigenvalue weighted by Crippen LogP contribution is -2.14. The van der Waals surface area contributed by atoms with Gasteiger partial charge in [0.25, 0.3) is 5.91 Å². The Morgan fingerprint density at radius 2 is 2.09 bits per heavy atom. The number of benzene rings is 1. The maximum absolute atomic E-state index is 13.7. The number of aryl methyl sites for hydroxylation is 1. The van der Waals surface area contributed by atoms with Crippen molar-refractivity contribution in [1.82, 2.24) is 9.97 Å². The number of hydrogen-bond donors (Lipinski definition) is 1. The molecule has 0 saturated heterocycles. The lowest BCUT2D eigenvalue weighted by molar-refractivity contribution is 0.102. The summed E-state index contributed by atoms with van der Waals surface area (Å²) in [6.45, 7) is 1.87. The van der Waals surface area contributed by atoms with Gasteiger partial charge >= 0.3 is 0 Å². The number of carbonyl (C=O) groups is 1. The van der Waals surface area contributed by atoms with Crippen molar-refractivity contribution >= 4 is 23.1 Å². The maximum atomic E-state index is 13.7. The Bertz CT molecular complexity index is 847. The van der Waals surface area contributed by atoms with Crippen molar-refractivity contribution in [2.45, 2.75) is 13.3 Å². The van der Waals surface area contributed by atoms with E-state index in [1.807, 2.05) is 13.0 Å². The quantitative estimate of drug-likeness (QED) is 0.792. The minimum Gasteiger partial charge on any atom is -0.305 e. The van der Waals surface area contributed by atoms with Gasteiger partial charge in [0, 0.05) is 18.0 Å². The summed E-state index contributed by atoms with van der Waals surface area (Å²) in [7, 11) is 0. The first kappa shape index (κ1) is 15.3. The largest absolute Gasteiger partial charge is 0.305 e. The molecule has 0 aliphatic rings. The van der Waals surface area contributed by atoms with Crippen LogP contribution in [0.5, 0.6) is 0 Å². The van der Waals surface area contributed by atoms with Gasteiger partial charge in [-0.05, 0) is 30.2 Å². The van der Waals surface area contributed by atoms with Crippen molar-refractivity contribution < 1.29 is 9.18 Å². The van der Waals surface area contributed by atoms with E-state index in [0.29, 0.717) is 28.5 Å². The van der Waals surface area contributed by atoms with Crippen LogP contribution in [-0.2, 0) is 6.42 Å². The van der Waals surface area contributed by atoms with Crippen LogP contribution >= 0.6 is 11.3 Å². The van der Waals surface area contributed by atoms with Gasteiger partial charge in [-0.15, -0.1) is 11.3 Å². The predicted octanol–water partition coefficient (Wildman–Crippen LogP) is 3.83. The molecule has 4 nitrogen and oxygen atoms in total. The van der Waals surface area contributed by atoms with Crippen LogP contribution in [0.1, 0.15) is 26.6 Å². The van der Waals surface area contributed by atoms with Gasteiger partial charge in [0.05, 0.1) is 5.01 Å². The smallest absolute Gasteiger partial charge is 0.276 e. The highest BCUT2D eigenvalue weighted by Gasteiger charge is 2.13. The molecule has 0 unspecified atom stereocenters. The Morgan fingerprint density at radius 3 is 2.87 bits per heavy atom. The third kappa shape index (κ3) is 3.60. The van der Waals surface area contributed by atoms with Gasteiger partial charge in [-0.25, -0.2) is 14.4 Å². The fraction of sp³-hybridized carbons (Fsp3) is 0.118. The number of nitrogens with zero attached hydrogens (tertiary/aromatic N) is 2. The first-order valence-electron chi connectivity index (χ1n) is 7.04. The number of rotatable bonds is 4. The number of nitrogens with one attached hydrogen (secondary N) is 1. The van der Waals surface area contributed by atoms with Crippen molar-refractivity contribution in [3.8, 4) is 0 Å². The summed E-state index contributed by atoms with van der Waals surface area (Å²) in [6.07, 6.45) is 1.99. The number of pyridine rings is 1. The van der Waals surface area contributed by atoms with Gasteiger partial charge in [-0.3, -0.25) is 4.79 Å². The fourth-order valence-electron chi connectivity index (χ4n) is 2.09. The van der Waals surface area contributed by atoms with Crippen molar-refractivity contribution in [1.29, 1.82) is 0 Å². The molecule has 0 bridgehead atoms. The van der Waals surface area contributed by atoms with Crippen LogP contribution in [0.2, 0.25) is 0 Å². The third-order valence-electron chi connectivity index (χ3n) is 3.33. The predicted molar refractivity (Wildman–Crippen MR) is 88.2 cm³/mol. The lowest BCUT2D eigenvalue weighted by atomic mass is 10.1. The molecule has 23 heavy (non-hydrogen) atoms. The van der Waals surface area contributed by atoms with E-state index >= 15 is 0 Å².